The van der Waals surface area contributed by atoms with Gasteiger partial charge in [0.1, 0.15) is 0 Å². The van der Waals surface area contributed by atoms with Gasteiger partial charge in [-0.1, -0.05) is 0 Å². The smallest absolute Gasteiger partial charge is 0.414 e. The van der Waals surface area contributed by atoms with Crippen molar-refractivity contribution in [2.45, 2.75) is 43.9 Å². The van der Waals surface area contributed by atoms with Gasteiger partial charge >= 0.3 is 11.9 Å². The number of rotatable bonds is 2. The molecule has 2 bridgehead atoms. The minimum Gasteiger partial charge on any atom is -0.473 e. The number of hydrogen-bond acceptors (Lipinski definition) is 5. The number of aliphatic carboxylic acids is 2. The number of hydrogen-bond donors (Lipinski definition) is 4. The van der Waals surface area contributed by atoms with Gasteiger partial charge in [0.15, 0.2) is 0 Å². The first-order valence-electron chi connectivity index (χ1n) is 7.27. The summed E-state index contributed by atoms with van der Waals surface area (Å²) in [6, 6.07) is 5.13. The van der Waals surface area contributed by atoms with E-state index in [0.717, 1.165) is 18.4 Å². The summed E-state index contributed by atoms with van der Waals surface area (Å²) in [4.78, 5) is 22.2. The molecule has 0 saturated carbocycles. The molecule has 0 aromatic carbocycles. The zero-order valence-electron chi connectivity index (χ0n) is 12.1. The average Bonchev–Trinajstić information content (AvgIpc) is 2.86. The topological polar surface area (TPSA) is 120 Å². The molecule has 2 aliphatic heterocycles. The molecule has 2 fully saturated rings. The molecule has 2 aliphatic rings. The summed E-state index contributed by atoms with van der Waals surface area (Å²) in [7, 11) is 0. The second-order valence-corrected chi connectivity index (χ2v) is 5.71. The number of pyridine rings is 1. The van der Waals surface area contributed by atoms with Gasteiger partial charge in [0.2, 0.25) is 0 Å². The molecule has 1 aromatic rings. The van der Waals surface area contributed by atoms with Crippen molar-refractivity contribution in [2.75, 3.05) is 0 Å². The molecule has 7 nitrogen and oxygen atoms in total. The number of piperidine rings is 1. The number of aliphatic hydroxyl groups excluding tert-OH is 1. The van der Waals surface area contributed by atoms with Gasteiger partial charge in [-0.05, 0) is 49.3 Å². The lowest BCUT2D eigenvalue weighted by Gasteiger charge is -2.32. The summed E-state index contributed by atoms with van der Waals surface area (Å²) in [5, 5.41) is 28.7. The fourth-order valence-corrected chi connectivity index (χ4v) is 3.19. The highest BCUT2D eigenvalue weighted by Gasteiger charge is 2.36. The Hall–Kier alpha value is -1.99. The fourth-order valence-electron chi connectivity index (χ4n) is 3.19. The second kappa shape index (κ2) is 7.33. The Morgan fingerprint density at radius 3 is 2.05 bits per heavy atom. The van der Waals surface area contributed by atoms with Crippen LogP contribution in [0.3, 0.4) is 0 Å². The van der Waals surface area contributed by atoms with Crippen LogP contribution in [-0.4, -0.2) is 44.3 Å². The molecule has 3 atom stereocenters. The highest BCUT2D eigenvalue weighted by Crippen LogP contribution is 2.37. The van der Waals surface area contributed by atoms with Gasteiger partial charge in [0, 0.05) is 24.5 Å². The van der Waals surface area contributed by atoms with E-state index in [-0.39, 0.29) is 6.10 Å². The van der Waals surface area contributed by atoms with E-state index in [2.05, 4.69) is 10.3 Å². The van der Waals surface area contributed by atoms with Gasteiger partial charge in [-0.3, -0.25) is 4.98 Å². The third kappa shape index (κ3) is 4.25. The third-order valence-corrected chi connectivity index (χ3v) is 4.19. The molecular weight excluding hydrogens is 288 g/mol. The van der Waals surface area contributed by atoms with Crippen LogP contribution >= 0.6 is 0 Å². The van der Waals surface area contributed by atoms with E-state index in [9.17, 15) is 5.11 Å². The normalized spacial score (nSPS) is 27.4. The van der Waals surface area contributed by atoms with Crippen LogP contribution in [-0.2, 0) is 9.59 Å². The maximum atomic E-state index is 10.4. The zero-order valence-corrected chi connectivity index (χ0v) is 12.1. The number of carboxylic acids is 2. The van der Waals surface area contributed by atoms with E-state index in [1.807, 2.05) is 12.1 Å². The summed E-state index contributed by atoms with van der Waals surface area (Å²) >= 11 is 0. The van der Waals surface area contributed by atoms with Gasteiger partial charge in [0.05, 0.1) is 6.10 Å². The molecule has 0 amide bonds. The molecule has 1 aromatic heterocycles. The molecule has 0 spiro atoms. The molecule has 3 unspecified atom stereocenters. The molecule has 3 heterocycles. The standard InChI is InChI=1S/C13H18N2O.C2H2O4/c16-13(9-3-5-14-6-4-9)10-7-11-1-2-12(8-10)15-11;3-1(4)2(5)6/h3-6,10-13,15-16H,1-2,7-8H2;(H,3,4)(H,5,6). The van der Waals surface area contributed by atoms with E-state index in [1.54, 1.807) is 12.4 Å². The Labute approximate surface area is 128 Å². The van der Waals surface area contributed by atoms with Gasteiger partial charge in [-0.15, -0.1) is 0 Å². The van der Waals surface area contributed by atoms with Gasteiger partial charge in [0.25, 0.3) is 0 Å². The van der Waals surface area contributed by atoms with Crippen LogP contribution in [0.25, 0.3) is 0 Å². The predicted octanol–water partition coefficient (Wildman–Crippen LogP) is 0.801. The van der Waals surface area contributed by atoms with E-state index in [4.69, 9.17) is 19.8 Å². The Balaban J connectivity index is 0.000000254. The Morgan fingerprint density at radius 1 is 1.09 bits per heavy atom. The van der Waals surface area contributed by atoms with E-state index in [0.29, 0.717) is 18.0 Å². The van der Waals surface area contributed by atoms with Crippen LogP contribution in [0.1, 0.15) is 37.4 Å². The first kappa shape index (κ1) is 16.4. The quantitative estimate of drug-likeness (QED) is 0.596. The van der Waals surface area contributed by atoms with Crippen molar-refractivity contribution in [1.82, 2.24) is 10.3 Å². The third-order valence-electron chi connectivity index (χ3n) is 4.19. The Morgan fingerprint density at radius 2 is 1.59 bits per heavy atom. The van der Waals surface area contributed by atoms with Gasteiger partial charge in [-0.25, -0.2) is 9.59 Å². The average molecular weight is 308 g/mol. The number of nitrogens with one attached hydrogen (secondary N) is 1. The molecule has 7 heteroatoms. The van der Waals surface area contributed by atoms with Crippen LogP contribution in [0.2, 0.25) is 0 Å². The summed E-state index contributed by atoms with van der Waals surface area (Å²) in [6.45, 7) is 0. The van der Waals surface area contributed by atoms with E-state index < -0.39 is 11.9 Å². The summed E-state index contributed by atoms with van der Waals surface area (Å²) < 4.78 is 0. The predicted molar refractivity (Wildman–Crippen MR) is 77.1 cm³/mol. The first-order valence-corrected chi connectivity index (χ1v) is 7.27. The Bertz CT molecular complexity index is 498. The van der Waals surface area contributed by atoms with Gasteiger partial charge in [-0.2, -0.15) is 0 Å². The van der Waals surface area contributed by atoms with Crippen LogP contribution in [0.15, 0.2) is 24.5 Å². The lowest BCUT2D eigenvalue weighted by molar-refractivity contribution is -0.159. The van der Waals surface area contributed by atoms with Crippen molar-refractivity contribution in [3.63, 3.8) is 0 Å². The molecule has 22 heavy (non-hydrogen) atoms. The highest BCUT2D eigenvalue weighted by molar-refractivity contribution is 6.27. The molecule has 3 rings (SSSR count). The van der Waals surface area contributed by atoms with Crippen LogP contribution in [0.5, 0.6) is 0 Å². The van der Waals surface area contributed by atoms with Crippen molar-refractivity contribution >= 4 is 11.9 Å². The van der Waals surface area contributed by atoms with Gasteiger partial charge < -0.3 is 20.6 Å². The largest absolute Gasteiger partial charge is 0.473 e. The maximum absolute atomic E-state index is 10.4. The second-order valence-electron chi connectivity index (χ2n) is 5.71. The fraction of sp³-hybridized carbons (Fsp3) is 0.533. The summed E-state index contributed by atoms with van der Waals surface area (Å²) in [5.41, 5.74) is 1.02. The van der Waals surface area contributed by atoms with Crippen molar-refractivity contribution in [1.29, 1.82) is 0 Å². The minimum absolute atomic E-state index is 0.312. The first-order chi connectivity index (χ1) is 10.5. The maximum Gasteiger partial charge on any atom is 0.414 e. The summed E-state index contributed by atoms with van der Waals surface area (Å²) in [6.07, 6.45) is 7.99. The van der Waals surface area contributed by atoms with Crippen LogP contribution in [0.4, 0.5) is 0 Å². The van der Waals surface area contributed by atoms with Crippen LogP contribution in [0, 0.1) is 5.92 Å². The number of aromatic nitrogens is 1. The molecule has 120 valence electrons. The molecule has 4 N–H and O–H groups in total. The van der Waals surface area contributed by atoms with E-state index >= 15 is 0 Å². The number of aliphatic hydroxyl groups is 1. The number of fused-ring (bicyclic) bond motifs is 2. The molecule has 2 saturated heterocycles. The molecule has 0 aliphatic carbocycles. The molecule has 0 radical (unpaired) electrons. The molecular formula is C15H20N2O5. The SMILES string of the molecule is O=C(O)C(=O)O.OC(c1ccncc1)C1CC2CCC(C1)N2. The summed E-state index contributed by atoms with van der Waals surface area (Å²) in [5.74, 6) is -3.23. The van der Waals surface area contributed by atoms with Crippen molar-refractivity contribution in [2.24, 2.45) is 5.92 Å². The monoisotopic (exact) mass is 308 g/mol. The lowest BCUT2D eigenvalue weighted by atomic mass is 9.85. The van der Waals surface area contributed by atoms with Crippen molar-refractivity contribution < 1.29 is 24.9 Å². The number of nitrogens with zero attached hydrogens (tertiary/aromatic N) is 1. The van der Waals surface area contributed by atoms with Crippen molar-refractivity contribution in [3.05, 3.63) is 30.1 Å². The number of carbonyl (C=O) groups is 2. The minimum atomic E-state index is -1.82. The zero-order chi connectivity index (χ0) is 16.1. The Kier molecular flexibility index (Phi) is 5.46. The van der Waals surface area contributed by atoms with Crippen molar-refractivity contribution in [3.8, 4) is 0 Å². The van der Waals surface area contributed by atoms with Crippen LogP contribution < -0.4 is 5.32 Å². The van der Waals surface area contributed by atoms with E-state index in [1.165, 1.54) is 12.8 Å². The number of carboxylic acid groups (broad SMARTS) is 2. The highest BCUT2D eigenvalue weighted by atomic mass is 16.4. The lowest BCUT2D eigenvalue weighted by Crippen LogP contribution is -2.39.